The molecular weight excluding hydrogens is 209 g/mol. The average molecular weight is 223 g/mol. The van der Waals surface area contributed by atoms with E-state index in [4.69, 9.17) is 0 Å². The van der Waals surface area contributed by atoms with Gasteiger partial charge in [-0.05, 0) is 13.1 Å². The fraction of sp³-hybridized carbons (Fsp3) is 0.455. The fourth-order valence-corrected chi connectivity index (χ4v) is 1.73. The Balaban J connectivity index is 2.08. The van der Waals surface area contributed by atoms with Crippen LogP contribution < -0.4 is 0 Å². The number of hydrogen-bond donors (Lipinski definition) is 0. The Labute approximate surface area is 93.7 Å². The van der Waals surface area contributed by atoms with Crippen molar-refractivity contribution in [2.24, 2.45) is 0 Å². The molecule has 1 aromatic rings. The Kier molecular flexibility index (Phi) is 3.14. The molecular formula is C11H14FN3O. The van der Waals surface area contributed by atoms with E-state index in [2.05, 4.69) is 9.88 Å². The first-order chi connectivity index (χ1) is 7.66. The number of amides is 1. The standard InChI is InChI=1S/C11H14FN3O/c1-14-4-6-15(7-5-14)11(16)9-2-3-13-10(12)8-9/h2-3,8H,4-7H2,1H3. The summed E-state index contributed by atoms with van der Waals surface area (Å²) in [5.41, 5.74) is 0.372. The largest absolute Gasteiger partial charge is 0.336 e. The smallest absolute Gasteiger partial charge is 0.254 e. The van der Waals surface area contributed by atoms with Crippen molar-refractivity contribution in [2.75, 3.05) is 33.2 Å². The molecule has 0 saturated carbocycles. The van der Waals surface area contributed by atoms with E-state index < -0.39 is 5.95 Å². The summed E-state index contributed by atoms with van der Waals surface area (Å²) in [5.74, 6) is -0.727. The number of rotatable bonds is 1. The Morgan fingerprint density at radius 3 is 2.69 bits per heavy atom. The average Bonchev–Trinajstić information content (AvgIpc) is 2.29. The van der Waals surface area contributed by atoms with Crippen LogP contribution in [0.25, 0.3) is 0 Å². The molecule has 0 bridgehead atoms. The third-order valence-corrected chi connectivity index (χ3v) is 2.76. The van der Waals surface area contributed by atoms with Gasteiger partial charge in [-0.2, -0.15) is 4.39 Å². The van der Waals surface area contributed by atoms with Gasteiger partial charge in [-0.15, -0.1) is 0 Å². The predicted molar refractivity (Wildman–Crippen MR) is 57.6 cm³/mol. The monoisotopic (exact) mass is 223 g/mol. The summed E-state index contributed by atoms with van der Waals surface area (Å²) in [7, 11) is 2.02. The molecule has 1 fully saturated rings. The first-order valence-corrected chi connectivity index (χ1v) is 5.26. The van der Waals surface area contributed by atoms with Crippen molar-refractivity contribution in [3.63, 3.8) is 0 Å². The van der Waals surface area contributed by atoms with Crippen molar-refractivity contribution in [3.05, 3.63) is 29.8 Å². The van der Waals surface area contributed by atoms with Gasteiger partial charge in [0.1, 0.15) is 0 Å². The molecule has 0 spiro atoms. The number of hydrogen-bond acceptors (Lipinski definition) is 3. The SMILES string of the molecule is CN1CCN(C(=O)c2ccnc(F)c2)CC1. The first kappa shape index (κ1) is 11.0. The highest BCUT2D eigenvalue weighted by Crippen LogP contribution is 2.08. The number of likely N-dealkylation sites (N-methyl/N-ethyl adjacent to an activating group) is 1. The normalized spacial score (nSPS) is 17.5. The van der Waals surface area contributed by atoms with Crippen LogP contribution in [-0.4, -0.2) is 53.9 Å². The van der Waals surface area contributed by atoms with E-state index in [1.165, 1.54) is 12.3 Å². The van der Waals surface area contributed by atoms with Crippen LogP contribution in [0, 0.1) is 5.95 Å². The van der Waals surface area contributed by atoms with Crippen molar-refractivity contribution in [1.82, 2.24) is 14.8 Å². The van der Waals surface area contributed by atoms with E-state index >= 15 is 0 Å². The minimum Gasteiger partial charge on any atom is -0.336 e. The lowest BCUT2D eigenvalue weighted by Gasteiger charge is -2.32. The maximum absolute atomic E-state index is 12.9. The molecule has 1 amide bonds. The zero-order valence-electron chi connectivity index (χ0n) is 9.19. The molecule has 0 atom stereocenters. The molecule has 0 aromatic carbocycles. The lowest BCUT2D eigenvalue weighted by atomic mass is 10.2. The van der Waals surface area contributed by atoms with Crippen LogP contribution in [0.15, 0.2) is 18.3 Å². The van der Waals surface area contributed by atoms with E-state index in [-0.39, 0.29) is 5.91 Å². The summed E-state index contributed by atoms with van der Waals surface area (Å²) in [6.07, 6.45) is 1.32. The van der Waals surface area contributed by atoms with Crippen LogP contribution in [0.2, 0.25) is 0 Å². The van der Waals surface area contributed by atoms with Crippen molar-refractivity contribution >= 4 is 5.91 Å². The van der Waals surface area contributed by atoms with Gasteiger partial charge >= 0.3 is 0 Å². The van der Waals surface area contributed by atoms with Crippen LogP contribution in [-0.2, 0) is 0 Å². The zero-order valence-corrected chi connectivity index (χ0v) is 9.19. The molecule has 0 unspecified atom stereocenters. The molecule has 1 saturated heterocycles. The van der Waals surface area contributed by atoms with Gasteiger partial charge in [0.15, 0.2) is 0 Å². The van der Waals surface area contributed by atoms with E-state index in [1.54, 1.807) is 11.0 Å². The molecule has 1 aromatic heterocycles. The second-order valence-corrected chi connectivity index (χ2v) is 3.96. The maximum Gasteiger partial charge on any atom is 0.254 e. The molecule has 16 heavy (non-hydrogen) atoms. The molecule has 4 nitrogen and oxygen atoms in total. The van der Waals surface area contributed by atoms with Crippen molar-refractivity contribution in [3.8, 4) is 0 Å². The maximum atomic E-state index is 12.9. The number of carbonyl (C=O) groups excluding carboxylic acids is 1. The Hall–Kier alpha value is -1.49. The van der Waals surface area contributed by atoms with Crippen molar-refractivity contribution < 1.29 is 9.18 Å². The highest BCUT2D eigenvalue weighted by molar-refractivity contribution is 5.94. The van der Waals surface area contributed by atoms with Crippen LogP contribution >= 0.6 is 0 Å². The summed E-state index contributed by atoms with van der Waals surface area (Å²) in [5, 5.41) is 0. The summed E-state index contributed by atoms with van der Waals surface area (Å²) < 4.78 is 12.9. The molecule has 1 aliphatic heterocycles. The van der Waals surface area contributed by atoms with Gasteiger partial charge in [0.25, 0.3) is 5.91 Å². The third-order valence-electron chi connectivity index (χ3n) is 2.76. The molecule has 86 valence electrons. The van der Waals surface area contributed by atoms with Gasteiger partial charge in [-0.3, -0.25) is 4.79 Å². The summed E-state index contributed by atoms with van der Waals surface area (Å²) in [6.45, 7) is 3.11. The van der Waals surface area contributed by atoms with Gasteiger partial charge in [-0.25, -0.2) is 4.98 Å². The number of aromatic nitrogens is 1. The van der Waals surface area contributed by atoms with Gasteiger partial charge in [-0.1, -0.05) is 0 Å². The van der Waals surface area contributed by atoms with Gasteiger partial charge in [0, 0.05) is 44.0 Å². The molecule has 0 radical (unpaired) electrons. The highest BCUT2D eigenvalue weighted by atomic mass is 19.1. The van der Waals surface area contributed by atoms with Crippen LogP contribution in [0.4, 0.5) is 4.39 Å². The Morgan fingerprint density at radius 2 is 2.06 bits per heavy atom. The quantitative estimate of drug-likeness (QED) is 0.654. The number of pyridine rings is 1. The van der Waals surface area contributed by atoms with Crippen molar-refractivity contribution in [2.45, 2.75) is 0 Å². The molecule has 2 rings (SSSR count). The summed E-state index contributed by atoms with van der Waals surface area (Å²) in [4.78, 5) is 19.3. The molecule has 5 heteroatoms. The minimum absolute atomic E-state index is 0.116. The van der Waals surface area contributed by atoms with Gasteiger partial charge < -0.3 is 9.80 Å². The number of halogens is 1. The second kappa shape index (κ2) is 4.57. The zero-order chi connectivity index (χ0) is 11.5. The van der Waals surface area contributed by atoms with Crippen molar-refractivity contribution in [1.29, 1.82) is 0 Å². The molecule has 2 heterocycles. The summed E-state index contributed by atoms with van der Waals surface area (Å²) >= 11 is 0. The number of piperazine rings is 1. The molecule has 1 aliphatic rings. The van der Waals surface area contributed by atoms with Crippen LogP contribution in [0.3, 0.4) is 0 Å². The van der Waals surface area contributed by atoms with Crippen LogP contribution in [0.1, 0.15) is 10.4 Å². The molecule has 0 aliphatic carbocycles. The Morgan fingerprint density at radius 1 is 1.38 bits per heavy atom. The molecule has 0 N–H and O–H groups in total. The highest BCUT2D eigenvalue weighted by Gasteiger charge is 2.20. The third kappa shape index (κ3) is 2.36. The minimum atomic E-state index is -0.611. The topological polar surface area (TPSA) is 36.4 Å². The van der Waals surface area contributed by atoms with Gasteiger partial charge in [0.2, 0.25) is 5.95 Å². The van der Waals surface area contributed by atoms with E-state index in [9.17, 15) is 9.18 Å². The van der Waals surface area contributed by atoms with E-state index in [1.807, 2.05) is 7.05 Å². The number of carbonyl (C=O) groups is 1. The summed E-state index contributed by atoms with van der Waals surface area (Å²) in [6, 6.07) is 2.73. The van der Waals surface area contributed by atoms with E-state index in [0.29, 0.717) is 18.7 Å². The predicted octanol–water partition coefficient (Wildman–Crippen LogP) is 0.608. The second-order valence-electron chi connectivity index (χ2n) is 3.96. The fourth-order valence-electron chi connectivity index (χ4n) is 1.73. The Bertz CT molecular complexity index is 389. The van der Waals surface area contributed by atoms with Gasteiger partial charge in [0.05, 0.1) is 0 Å². The van der Waals surface area contributed by atoms with E-state index in [0.717, 1.165) is 13.1 Å². The lowest BCUT2D eigenvalue weighted by Crippen LogP contribution is -2.47. The number of nitrogens with zero attached hydrogens (tertiary/aromatic N) is 3. The first-order valence-electron chi connectivity index (χ1n) is 5.26. The van der Waals surface area contributed by atoms with Crippen LogP contribution in [0.5, 0.6) is 0 Å². The lowest BCUT2D eigenvalue weighted by molar-refractivity contribution is 0.0663.